The van der Waals surface area contributed by atoms with Gasteiger partial charge in [0.05, 0.1) is 4.92 Å². The van der Waals surface area contributed by atoms with Crippen molar-refractivity contribution in [1.29, 1.82) is 0 Å². The molecule has 0 saturated heterocycles. The number of nitro benzene ring substituents is 1. The first-order chi connectivity index (χ1) is 6.50. The molecule has 0 aliphatic rings. The normalized spacial score (nSPS) is 10.3. The van der Waals surface area contributed by atoms with Crippen LogP contribution < -0.4 is 5.43 Å². The van der Waals surface area contributed by atoms with Gasteiger partial charge in [0, 0.05) is 24.6 Å². The Balaban J connectivity index is 3.08. The van der Waals surface area contributed by atoms with Crippen molar-refractivity contribution in [2.24, 2.45) is 0 Å². The van der Waals surface area contributed by atoms with Crippen LogP contribution in [-0.4, -0.2) is 24.0 Å². The van der Waals surface area contributed by atoms with Gasteiger partial charge >= 0.3 is 0 Å². The smallest absolute Gasteiger partial charge is 0.294 e. The molecule has 1 rings (SSSR count). The first kappa shape index (κ1) is 10.9. The SMILES string of the molecule is CN(C)Nc1ccc(Br)cc1[N+](=O)[O-]. The van der Waals surface area contributed by atoms with Crippen LogP contribution in [0.4, 0.5) is 11.4 Å². The second-order valence-corrected chi connectivity index (χ2v) is 3.84. The van der Waals surface area contributed by atoms with Crippen molar-refractivity contribution in [1.82, 2.24) is 5.01 Å². The summed E-state index contributed by atoms with van der Waals surface area (Å²) in [7, 11) is 3.54. The number of halogens is 1. The molecule has 0 unspecified atom stereocenters. The molecule has 0 aliphatic heterocycles. The van der Waals surface area contributed by atoms with Crippen molar-refractivity contribution in [2.45, 2.75) is 0 Å². The fraction of sp³-hybridized carbons (Fsp3) is 0.250. The molecular formula is C8H10BrN3O2. The lowest BCUT2D eigenvalue weighted by molar-refractivity contribution is -0.384. The predicted molar refractivity (Wildman–Crippen MR) is 58.1 cm³/mol. The molecular weight excluding hydrogens is 250 g/mol. The van der Waals surface area contributed by atoms with E-state index in [1.807, 2.05) is 0 Å². The molecule has 0 radical (unpaired) electrons. The molecule has 0 aromatic heterocycles. The quantitative estimate of drug-likeness (QED) is 0.668. The third kappa shape index (κ3) is 2.68. The molecule has 0 amide bonds. The van der Waals surface area contributed by atoms with E-state index in [1.165, 1.54) is 6.07 Å². The predicted octanol–water partition coefficient (Wildman–Crippen LogP) is 2.25. The highest BCUT2D eigenvalue weighted by Gasteiger charge is 2.13. The van der Waals surface area contributed by atoms with E-state index in [2.05, 4.69) is 21.4 Å². The van der Waals surface area contributed by atoms with E-state index >= 15 is 0 Å². The summed E-state index contributed by atoms with van der Waals surface area (Å²) in [6, 6.07) is 4.87. The van der Waals surface area contributed by atoms with Gasteiger partial charge in [0.25, 0.3) is 5.69 Å². The van der Waals surface area contributed by atoms with Gasteiger partial charge in [-0.15, -0.1) is 0 Å². The molecule has 0 spiro atoms. The minimum atomic E-state index is -0.420. The van der Waals surface area contributed by atoms with Crippen molar-refractivity contribution in [3.63, 3.8) is 0 Å². The highest BCUT2D eigenvalue weighted by Crippen LogP contribution is 2.27. The van der Waals surface area contributed by atoms with Crippen molar-refractivity contribution >= 4 is 27.3 Å². The van der Waals surface area contributed by atoms with Crippen LogP contribution in [-0.2, 0) is 0 Å². The second-order valence-electron chi connectivity index (χ2n) is 2.92. The number of rotatable bonds is 3. The first-order valence-electron chi connectivity index (χ1n) is 3.88. The molecule has 1 aromatic rings. The van der Waals surface area contributed by atoms with Crippen LogP contribution in [0.15, 0.2) is 22.7 Å². The van der Waals surface area contributed by atoms with E-state index in [4.69, 9.17) is 0 Å². The summed E-state index contributed by atoms with van der Waals surface area (Å²) < 4.78 is 0.688. The lowest BCUT2D eigenvalue weighted by atomic mass is 10.3. The summed E-state index contributed by atoms with van der Waals surface area (Å²) in [5.41, 5.74) is 3.38. The minimum absolute atomic E-state index is 0.0491. The summed E-state index contributed by atoms with van der Waals surface area (Å²) in [4.78, 5) is 10.3. The fourth-order valence-electron chi connectivity index (χ4n) is 0.991. The van der Waals surface area contributed by atoms with Crippen LogP contribution in [0.2, 0.25) is 0 Å². The molecule has 1 aromatic carbocycles. The summed E-state index contributed by atoms with van der Waals surface area (Å²) in [5, 5.41) is 12.3. The van der Waals surface area contributed by atoms with Gasteiger partial charge < -0.3 is 5.43 Å². The number of nitrogens with zero attached hydrogens (tertiary/aromatic N) is 2. The Morgan fingerprint density at radius 1 is 1.50 bits per heavy atom. The van der Waals surface area contributed by atoms with E-state index in [9.17, 15) is 10.1 Å². The molecule has 0 heterocycles. The van der Waals surface area contributed by atoms with Crippen molar-refractivity contribution in [3.8, 4) is 0 Å². The molecule has 0 fully saturated rings. The second kappa shape index (κ2) is 4.39. The topological polar surface area (TPSA) is 58.4 Å². The molecule has 76 valence electrons. The van der Waals surface area contributed by atoms with E-state index in [0.717, 1.165) is 0 Å². The summed E-state index contributed by atoms with van der Waals surface area (Å²) in [6.45, 7) is 0. The van der Waals surface area contributed by atoms with Crippen LogP contribution in [0.1, 0.15) is 0 Å². The molecule has 14 heavy (non-hydrogen) atoms. The van der Waals surface area contributed by atoms with Gasteiger partial charge in [-0.3, -0.25) is 10.1 Å². The number of nitro groups is 1. The Labute approximate surface area is 90.0 Å². The Bertz CT molecular complexity index is 354. The average molecular weight is 260 g/mol. The van der Waals surface area contributed by atoms with Crippen molar-refractivity contribution < 1.29 is 4.92 Å². The van der Waals surface area contributed by atoms with Crippen LogP contribution in [0, 0.1) is 10.1 Å². The highest BCUT2D eigenvalue weighted by molar-refractivity contribution is 9.10. The maximum Gasteiger partial charge on any atom is 0.294 e. The number of anilines is 1. The number of nitrogens with one attached hydrogen (secondary N) is 1. The number of hydrogen-bond donors (Lipinski definition) is 1. The highest BCUT2D eigenvalue weighted by atomic mass is 79.9. The Hall–Kier alpha value is -1.14. The third-order valence-corrected chi connectivity index (χ3v) is 1.99. The molecule has 0 atom stereocenters. The maximum atomic E-state index is 10.7. The minimum Gasteiger partial charge on any atom is -0.313 e. The van der Waals surface area contributed by atoms with Gasteiger partial charge in [0.1, 0.15) is 5.69 Å². The zero-order chi connectivity index (χ0) is 10.7. The summed E-state index contributed by atoms with van der Waals surface area (Å²) >= 11 is 3.18. The largest absolute Gasteiger partial charge is 0.313 e. The Kier molecular flexibility index (Phi) is 3.43. The van der Waals surface area contributed by atoms with Crippen molar-refractivity contribution in [3.05, 3.63) is 32.8 Å². The lowest BCUT2D eigenvalue weighted by Gasteiger charge is -2.13. The third-order valence-electron chi connectivity index (χ3n) is 1.50. The molecule has 1 N–H and O–H groups in total. The van der Waals surface area contributed by atoms with Gasteiger partial charge in [-0.1, -0.05) is 15.9 Å². The van der Waals surface area contributed by atoms with Crippen LogP contribution >= 0.6 is 15.9 Å². The standard InChI is InChI=1S/C8H10BrN3O2/c1-11(2)10-7-4-3-6(9)5-8(7)12(13)14/h3-5,10H,1-2H3. The lowest BCUT2D eigenvalue weighted by Crippen LogP contribution is -2.20. The van der Waals surface area contributed by atoms with E-state index in [0.29, 0.717) is 10.2 Å². The zero-order valence-electron chi connectivity index (χ0n) is 7.82. The summed E-state index contributed by atoms with van der Waals surface area (Å²) in [6.07, 6.45) is 0. The van der Waals surface area contributed by atoms with E-state index in [1.54, 1.807) is 31.2 Å². The van der Waals surface area contributed by atoms with Gasteiger partial charge in [-0.25, -0.2) is 5.01 Å². The fourth-order valence-corrected chi connectivity index (χ4v) is 1.34. The van der Waals surface area contributed by atoms with Gasteiger partial charge in [-0.05, 0) is 12.1 Å². The van der Waals surface area contributed by atoms with Crippen LogP contribution in [0.25, 0.3) is 0 Å². The van der Waals surface area contributed by atoms with E-state index < -0.39 is 4.92 Å². The molecule has 0 bridgehead atoms. The molecule has 0 saturated carbocycles. The number of benzene rings is 1. The molecule has 6 heteroatoms. The Morgan fingerprint density at radius 2 is 2.14 bits per heavy atom. The molecule has 5 nitrogen and oxygen atoms in total. The zero-order valence-corrected chi connectivity index (χ0v) is 9.41. The van der Waals surface area contributed by atoms with Crippen LogP contribution in [0.5, 0.6) is 0 Å². The maximum absolute atomic E-state index is 10.7. The number of hydrogen-bond acceptors (Lipinski definition) is 4. The first-order valence-corrected chi connectivity index (χ1v) is 4.68. The number of hydrazine groups is 1. The monoisotopic (exact) mass is 259 g/mol. The average Bonchev–Trinajstić information content (AvgIpc) is 2.07. The van der Waals surface area contributed by atoms with Gasteiger partial charge in [0.2, 0.25) is 0 Å². The van der Waals surface area contributed by atoms with Crippen LogP contribution in [0.3, 0.4) is 0 Å². The van der Waals surface area contributed by atoms with Gasteiger partial charge in [-0.2, -0.15) is 0 Å². The molecule has 0 aliphatic carbocycles. The van der Waals surface area contributed by atoms with Crippen molar-refractivity contribution in [2.75, 3.05) is 19.5 Å². The Morgan fingerprint density at radius 3 is 2.64 bits per heavy atom. The summed E-state index contributed by atoms with van der Waals surface area (Å²) in [5.74, 6) is 0. The van der Waals surface area contributed by atoms with Gasteiger partial charge in [0.15, 0.2) is 0 Å². The van der Waals surface area contributed by atoms with E-state index in [-0.39, 0.29) is 5.69 Å².